The van der Waals surface area contributed by atoms with E-state index in [1.165, 1.54) is 53.3 Å². The number of halogens is 1. The molecule has 0 spiro atoms. The minimum atomic E-state index is -1.68. The maximum absolute atomic E-state index is 5.86. The lowest BCUT2D eigenvalue weighted by molar-refractivity contribution is 0.116. The number of hydrogen-bond acceptors (Lipinski definition) is 1. The van der Waals surface area contributed by atoms with E-state index in [1.807, 2.05) is 6.07 Å². The maximum atomic E-state index is 5.86. The summed E-state index contributed by atoms with van der Waals surface area (Å²) in [4.78, 5) is 0. The Morgan fingerprint density at radius 2 is 0.857 bits per heavy atom. The van der Waals surface area contributed by atoms with Crippen LogP contribution in [0.2, 0.25) is 0 Å². The van der Waals surface area contributed by atoms with Gasteiger partial charge >= 0.3 is 0 Å². The Balaban J connectivity index is 0.00000342. The maximum Gasteiger partial charge on any atom is 0.112 e. The minimum absolute atomic E-state index is 0. The van der Waals surface area contributed by atoms with Crippen molar-refractivity contribution in [2.45, 2.75) is 38.7 Å². The van der Waals surface area contributed by atoms with E-state index < -0.39 is 7.26 Å². The predicted molar refractivity (Wildman–Crippen MR) is 160 cm³/mol. The molecule has 0 aliphatic rings. The van der Waals surface area contributed by atoms with Gasteiger partial charge in [0.15, 0.2) is 0 Å². The number of hydrogen-bond donors (Lipinski definition) is 0. The van der Waals surface area contributed by atoms with Gasteiger partial charge in [-0.3, -0.25) is 0 Å². The topological polar surface area (TPSA) is 9.23 Å². The Labute approximate surface area is 222 Å². The average molecular weight is 549 g/mol. The largest absolute Gasteiger partial charge is 0.377 e. The molecule has 4 aromatic rings. The highest BCUT2D eigenvalue weighted by Gasteiger charge is 2.44. The van der Waals surface area contributed by atoms with E-state index in [0.29, 0.717) is 0 Å². The zero-order chi connectivity index (χ0) is 23.3. The molecule has 0 saturated carbocycles. The summed E-state index contributed by atoms with van der Waals surface area (Å²) < 4.78 is 5.86. The minimum Gasteiger partial charge on any atom is -0.377 e. The molecule has 1 nitrogen and oxygen atoms in total. The highest BCUT2D eigenvalue weighted by atomic mass is 79.9. The smallest absolute Gasteiger partial charge is 0.112 e. The molecule has 0 radical (unpaired) electrons. The Bertz CT molecular complexity index is 975. The summed E-state index contributed by atoms with van der Waals surface area (Å²) in [6.45, 7) is 1.57. The molecule has 0 heterocycles. The highest BCUT2D eigenvalue weighted by Crippen LogP contribution is 2.55. The van der Waals surface area contributed by atoms with Crippen molar-refractivity contribution in [2.75, 3.05) is 12.8 Å². The Morgan fingerprint density at radius 3 is 1.34 bits per heavy atom. The molecule has 3 heteroatoms. The van der Waals surface area contributed by atoms with Crippen molar-refractivity contribution in [1.29, 1.82) is 0 Å². The summed E-state index contributed by atoms with van der Waals surface area (Å²) in [5.74, 6) is 0. The van der Waals surface area contributed by atoms with Crippen LogP contribution in [-0.2, 0) is 11.3 Å². The van der Waals surface area contributed by atoms with E-state index in [1.54, 1.807) is 0 Å². The molecular weight excluding hydrogens is 511 g/mol. The first kappa shape index (κ1) is 27.3. The molecule has 0 amide bonds. The van der Waals surface area contributed by atoms with E-state index in [9.17, 15) is 0 Å². The third-order valence-corrected chi connectivity index (χ3v) is 11.0. The molecule has 0 saturated heterocycles. The SMILES string of the molecule is Br.c1ccc(COCCCCCCC[P+](c2ccccc2)(c2ccccc2)c2ccccc2)cc1. The Kier molecular flexibility index (Phi) is 11.7. The van der Waals surface area contributed by atoms with Crippen molar-refractivity contribution in [2.24, 2.45) is 0 Å². The van der Waals surface area contributed by atoms with Gasteiger partial charge in [0.1, 0.15) is 23.2 Å². The number of benzene rings is 4. The van der Waals surface area contributed by atoms with Crippen molar-refractivity contribution in [3.63, 3.8) is 0 Å². The zero-order valence-corrected chi connectivity index (χ0v) is 23.1. The summed E-state index contributed by atoms with van der Waals surface area (Å²) in [5.41, 5.74) is 1.26. The van der Waals surface area contributed by atoms with Crippen LogP contribution in [0.15, 0.2) is 121 Å². The van der Waals surface area contributed by atoms with Crippen LogP contribution in [0.5, 0.6) is 0 Å². The zero-order valence-electron chi connectivity index (χ0n) is 20.5. The van der Waals surface area contributed by atoms with Gasteiger partial charge in [-0.15, -0.1) is 17.0 Å². The highest BCUT2D eigenvalue weighted by molar-refractivity contribution is 8.93. The van der Waals surface area contributed by atoms with Crippen molar-refractivity contribution in [3.8, 4) is 0 Å². The summed E-state index contributed by atoms with van der Waals surface area (Å²) in [6, 6.07) is 44.1. The van der Waals surface area contributed by atoms with Crippen molar-refractivity contribution in [3.05, 3.63) is 127 Å². The Hall–Kier alpha value is -2.25. The molecular formula is C32H37BrOP+. The van der Waals surface area contributed by atoms with Gasteiger partial charge in [-0.1, -0.05) is 97.8 Å². The standard InChI is InChI=1S/C32H36OP.BrH/c1(2-16-26-33-28-29-18-8-4-9-19-29)3-17-27-34(30-20-10-5-11-21-30,31-22-12-6-13-23-31)32-24-14-7-15-25-32;/h4-15,18-25H,1-3,16-17,26-28H2;1H/q+1;. The van der Waals surface area contributed by atoms with Crippen LogP contribution in [-0.4, -0.2) is 12.8 Å². The second-order valence-corrected chi connectivity index (χ2v) is 12.5. The Morgan fingerprint density at radius 1 is 0.457 bits per heavy atom. The summed E-state index contributed by atoms with van der Waals surface area (Å²) >= 11 is 0. The fourth-order valence-electron chi connectivity index (χ4n) is 4.73. The molecule has 0 aliphatic carbocycles. The molecule has 0 N–H and O–H groups in total. The molecule has 0 unspecified atom stereocenters. The third kappa shape index (κ3) is 7.61. The number of ether oxygens (including phenoxy) is 1. The second kappa shape index (κ2) is 15.0. The van der Waals surface area contributed by atoms with Crippen LogP contribution in [0.1, 0.15) is 37.7 Å². The van der Waals surface area contributed by atoms with Gasteiger partial charge in [0.05, 0.1) is 12.8 Å². The first-order valence-corrected chi connectivity index (χ1v) is 14.5. The number of rotatable bonds is 13. The van der Waals surface area contributed by atoms with Crippen LogP contribution in [0.3, 0.4) is 0 Å². The summed E-state index contributed by atoms with van der Waals surface area (Å²) in [6.07, 6.45) is 7.39. The molecule has 0 atom stereocenters. The summed E-state index contributed by atoms with van der Waals surface area (Å²) in [5, 5.41) is 4.46. The second-order valence-electron chi connectivity index (χ2n) is 8.85. The van der Waals surface area contributed by atoms with E-state index in [2.05, 4.69) is 115 Å². The molecule has 182 valence electrons. The predicted octanol–water partition coefficient (Wildman–Crippen LogP) is 7.73. The van der Waals surface area contributed by atoms with Crippen LogP contribution in [0, 0.1) is 0 Å². The van der Waals surface area contributed by atoms with E-state index >= 15 is 0 Å². The van der Waals surface area contributed by atoms with Crippen molar-refractivity contribution < 1.29 is 4.74 Å². The van der Waals surface area contributed by atoms with Gasteiger partial charge in [0.2, 0.25) is 0 Å². The molecule has 0 aliphatic heterocycles. The van der Waals surface area contributed by atoms with Crippen LogP contribution < -0.4 is 15.9 Å². The van der Waals surface area contributed by atoms with E-state index in [0.717, 1.165) is 19.6 Å². The van der Waals surface area contributed by atoms with Crippen molar-refractivity contribution >= 4 is 40.2 Å². The molecule has 0 bridgehead atoms. The summed E-state index contributed by atoms with van der Waals surface area (Å²) in [7, 11) is -1.68. The lowest BCUT2D eigenvalue weighted by Crippen LogP contribution is -2.33. The van der Waals surface area contributed by atoms with E-state index in [4.69, 9.17) is 4.74 Å². The number of unbranched alkanes of at least 4 members (excludes halogenated alkanes) is 4. The molecule has 4 aromatic carbocycles. The first-order chi connectivity index (χ1) is 16.9. The van der Waals surface area contributed by atoms with Crippen LogP contribution in [0.25, 0.3) is 0 Å². The fourth-order valence-corrected chi connectivity index (χ4v) is 9.14. The fraction of sp³-hybridized carbons (Fsp3) is 0.250. The molecule has 0 fully saturated rings. The van der Waals surface area contributed by atoms with Gasteiger partial charge in [-0.25, -0.2) is 0 Å². The quantitative estimate of drug-likeness (QED) is 0.123. The lowest BCUT2D eigenvalue weighted by atomic mass is 10.2. The molecule has 4 rings (SSSR count). The van der Waals surface area contributed by atoms with E-state index in [-0.39, 0.29) is 17.0 Å². The van der Waals surface area contributed by atoms with Crippen molar-refractivity contribution in [1.82, 2.24) is 0 Å². The van der Waals surface area contributed by atoms with Gasteiger partial charge < -0.3 is 4.74 Å². The normalized spacial score (nSPS) is 11.1. The molecule has 35 heavy (non-hydrogen) atoms. The van der Waals surface area contributed by atoms with Gasteiger partial charge in [-0.05, 0) is 61.2 Å². The molecule has 0 aromatic heterocycles. The van der Waals surface area contributed by atoms with Gasteiger partial charge in [0.25, 0.3) is 0 Å². The van der Waals surface area contributed by atoms with Gasteiger partial charge in [0, 0.05) is 6.61 Å². The van der Waals surface area contributed by atoms with Crippen LogP contribution >= 0.6 is 24.2 Å². The lowest BCUT2D eigenvalue weighted by Gasteiger charge is -2.27. The average Bonchev–Trinajstić information content (AvgIpc) is 2.92. The van der Waals surface area contributed by atoms with Gasteiger partial charge in [-0.2, -0.15) is 0 Å². The third-order valence-electron chi connectivity index (χ3n) is 6.48. The monoisotopic (exact) mass is 547 g/mol. The van der Waals surface area contributed by atoms with Crippen LogP contribution in [0.4, 0.5) is 0 Å². The first-order valence-electron chi connectivity index (χ1n) is 12.6.